The van der Waals surface area contributed by atoms with Gasteiger partial charge in [0.25, 0.3) is 0 Å². The van der Waals surface area contributed by atoms with Crippen molar-refractivity contribution in [3.05, 3.63) is 83.6 Å². The normalized spacial score (nSPS) is 14.0. The molecule has 6 nitrogen and oxygen atoms in total. The van der Waals surface area contributed by atoms with Gasteiger partial charge in [-0.1, -0.05) is 24.3 Å². The number of ether oxygens (including phenoxy) is 2. The van der Waals surface area contributed by atoms with Crippen LogP contribution in [-0.2, 0) is 9.47 Å². The molecule has 1 aromatic heterocycles. The van der Waals surface area contributed by atoms with Gasteiger partial charge in [-0.3, -0.25) is 4.79 Å². The van der Waals surface area contributed by atoms with Crippen molar-refractivity contribution in [2.24, 2.45) is 0 Å². The van der Waals surface area contributed by atoms with Gasteiger partial charge < -0.3 is 18.8 Å². The average Bonchev–Trinajstić information content (AvgIpc) is 3.32. The predicted molar refractivity (Wildman–Crippen MR) is 123 cm³/mol. The summed E-state index contributed by atoms with van der Waals surface area (Å²) in [5, 5.41) is 0. The summed E-state index contributed by atoms with van der Waals surface area (Å²) in [6.45, 7) is 5.15. The van der Waals surface area contributed by atoms with Crippen molar-refractivity contribution in [2.45, 2.75) is 6.92 Å². The lowest BCUT2D eigenvalue weighted by Crippen LogP contribution is -2.36. The maximum atomic E-state index is 12.7. The standard InChI is InChI=1S/C26H25NO5/c1-2-31-26(29)20-8-6-19(7-9-20)25-13-11-23(32-25)10-12-24(28)21-4-3-5-22(18-21)27-14-16-30-17-15-27/h3-13,18H,2,14-17H2,1H3. The first-order chi connectivity index (χ1) is 15.6. The minimum absolute atomic E-state index is 0.0863. The van der Waals surface area contributed by atoms with Gasteiger partial charge in [0.1, 0.15) is 11.5 Å². The van der Waals surface area contributed by atoms with E-state index in [1.165, 1.54) is 6.08 Å². The van der Waals surface area contributed by atoms with E-state index in [4.69, 9.17) is 13.9 Å². The number of nitrogens with zero attached hydrogens (tertiary/aromatic N) is 1. The first-order valence-corrected chi connectivity index (χ1v) is 10.7. The molecule has 0 unspecified atom stereocenters. The fraction of sp³-hybridized carbons (Fsp3) is 0.231. The van der Waals surface area contributed by atoms with Gasteiger partial charge in [-0.05, 0) is 55.5 Å². The molecule has 2 aromatic carbocycles. The molecule has 0 radical (unpaired) electrons. The molecule has 0 N–H and O–H groups in total. The summed E-state index contributed by atoms with van der Waals surface area (Å²) in [5.41, 5.74) is 2.99. The Kier molecular flexibility index (Phi) is 6.82. The maximum absolute atomic E-state index is 12.7. The molecule has 0 saturated carbocycles. The molecule has 2 heterocycles. The highest BCUT2D eigenvalue weighted by Crippen LogP contribution is 2.24. The van der Waals surface area contributed by atoms with Gasteiger partial charge in [-0.2, -0.15) is 0 Å². The number of hydrogen-bond acceptors (Lipinski definition) is 6. The molecule has 32 heavy (non-hydrogen) atoms. The SMILES string of the molecule is CCOC(=O)c1ccc(-c2ccc(C=CC(=O)c3cccc(N4CCOCC4)c3)o2)cc1. The minimum atomic E-state index is -0.349. The number of rotatable bonds is 7. The first kappa shape index (κ1) is 21.6. The third kappa shape index (κ3) is 5.15. The number of carbonyl (C=O) groups excluding carboxylic acids is 2. The Morgan fingerprint density at radius 2 is 1.78 bits per heavy atom. The van der Waals surface area contributed by atoms with E-state index >= 15 is 0 Å². The minimum Gasteiger partial charge on any atom is -0.462 e. The van der Waals surface area contributed by atoms with Crippen LogP contribution in [0.4, 0.5) is 5.69 Å². The first-order valence-electron chi connectivity index (χ1n) is 10.7. The van der Waals surface area contributed by atoms with Crippen LogP contribution in [-0.4, -0.2) is 44.7 Å². The molecule has 1 saturated heterocycles. The van der Waals surface area contributed by atoms with Gasteiger partial charge in [-0.15, -0.1) is 0 Å². The lowest BCUT2D eigenvalue weighted by molar-refractivity contribution is 0.0526. The second kappa shape index (κ2) is 10.1. The molecular weight excluding hydrogens is 406 g/mol. The number of furan rings is 1. The highest BCUT2D eigenvalue weighted by molar-refractivity contribution is 6.07. The smallest absolute Gasteiger partial charge is 0.338 e. The van der Waals surface area contributed by atoms with Crippen molar-refractivity contribution in [1.82, 2.24) is 0 Å². The van der Waals surface area contributed by atoms with E-state index in [9.17, 15) is 9.59 Å². The van der Waals surface area contributed by atoms with Gasteiger partial charge >= 0.3 is 5.97 Å². The molecule has 1 fully saturated rings. The summed E-state index contributed by atoms with van der Waals surface area (Å²) in [5.74, 6) is 0.796. The summed E-state index contributed by atoms with van der Waals surface area (Å²) in [7, 11) is 0. The van der Waals surface area contributed by atoms with Crippen molar-refractivity contribution in [1.29, 1.82) is 0 Å². The predicted octanol–water partition coefficient (Wildman–Crippen LogP) is 4.86. The second-order valence-corrected chi connectivity index (χ2v) is 7.35. The van der Waals surface area contributed by atoms with Crippen molar-refractivity contribution >= 4 is 23.5 Å². The number of anilines is 1. The molecule has 1 aliphatic rings. The third-order valence-electron chi connectivity index (χ3n) is 5.21. The molecule has 0 aliphatic carbocycles. The summed E-state index contributed by atoms with van der Waals surface area (Å²) in [6, 6.07) is 18.3. The van der Waals surface area contributed by atoms with Crippen molar-refractivity contribution < 1.29 is 23.5 Å². The number of carbonyl (C=O) groups is 2. The van der Waals surface area contributed by atoms with Gasteiger partial charge in [-0.25, -0.2) is 4.79 Å². The monoisotopic (exact) mass is 431 g/mol. The topological polar surface area (TPSA) is 69.0 Å². The van der Waals surface area contributed by atoms with Gasteiger partial charge in [0.2, 0.25) is 0 Å². The lowest BCUT2D eigenvalue weighted by atomic mass is 10.1. The summed E-state index contributed by atoms with van der Waals surface area (Å²) in [6.07, 6.45) is 3.19. The number of morpholine rings is 1. The number of hydrogen-bond donors (Lipinski definition) is 0. The molecule has 0 atom stereocenters. The number of ketones is 1. The summed E-state index contributed by atoms with van der Waals surface area (Å²) < 4.78 is 16.2. The lowest BCUT2D eigenvalue weighted by Gasteiger charge is -2.29. The highest BCUT2D eigenvalue weighted by Gasteiger charge is 2.13. The maximum Gasteiger partial charge on any atom is 0.338 e. The van der Waals surface area contributed by atoms with Crippen molar-refractivity contribution in [3.63, 3.8) is 0 Å². The van der Waals surface area contributed by atoms with Crippen LogP contribution in [0.15, 0.2) is 71.2 Å². The number of esters is 1. The van der Waals surface area contributed by atoms with Crippen LogP contribution < -0.4 is 4.90 Å². The molecule has 1 aliphatic heterocycles. The third-order valence-corrected chi connectivity index (χ3v) is 5.21. The Morgan fingerprint density at radius 1 is 1.00 bits per heavy atom. The Labute approximate surface area is 187 Å². The van der Waals surface area contributed by atoms with E-state index in [1.807, 2.05) is 36.4 Å². The van der Waals surface area contributed by atoms with E-state index in [0.717, 1.165) is 24.3 Å². The van der Waals surface area contributed by atoms with Crippen LogP contribution in [0.3, 0.4) is 0 Å². The van der Waals surface area contributed by atoms with Crippen LogP contribution in [0.25, 0.3) is 17.4 Å². The largest absolute Gasteiger partial charge is 0.462 e. The van der Waals surface area contributed by atoms with E-state index in [1.54, 1.807) is 37.3 Å². The average molecular weight is 431 g/mol. The molecule has 6 heteroatoms. The molecule has 4 rings (SSSR count). The molecule has 0 amide bonds. The van der Waals surface area contributed by atoms with Crippen LogP contribution in [0.1, 0.15) is 33.4 Å². The zero-order valence-corrected chi connectivity index (χ0v) is 18.0. The Bertz CT molecular complexity index is 1110. The highest BCUT2D eigenvalue weighted by atomic mass is 16.5. The molecule has 3 aromatic rings. The Morgan fingerprint density at radius 3 is 2.53 bits per heavy atom. The van der Waals surface area contributed by atoms with Crippen molar-refractivity contribution in [3.8, 4) is 11.3 Å². The zero-order chi connectivity index (χ0) is 22.3. The van der Waals surface area contributed by atoms with Gasteiger partial charge in [0.15, 0.2) is 5.78 Å². The zero-order valence-electron chi connectivity index (χ0n) is 18.0. The van der Waals surface area contributed by atoms with E-state index in [-0.39, 0.29) is 11.8 Å². The van der Waals surface area contributed by atoms with E-state index < -0.39 is 0 Å². The molecule has 0 spiro atoms. The Balaban J connectivity index is 1.42. The van der Waals surface area contributed by atoms with Crippen LogP contribution in [0.2, 0.25) is 0 Å². The summed E-state index contributed by atoms with van der Waals surface area (Å²) >= 11 is 0. The molecular formula is C26H25NO5. The molecule has 0 bridgehead atoms. The van der Waals surface area contributed by atoms with Crippen LogP contribution in [0.5, 0.6) is 0 Å². The van der Waals surface area contributed by atoms with Crippen LogP contribution >= 0.6 is 0 Å². The van der Waals surface area contributed by atoms with Crippen molar-refractivity contribution in [2.75, 3.05) is 37.8 Å². The van der Waals surface area contributed by atoms with E-state index in [0.29, 0.717) is 42.5 Å². The second-order valence-electron chi connectivity index (χ2n) is 7.35. The quantitative estimate of drug-likeness (QED) is 0.302. The van der Waals surface area contributed by atoms with Crippen LogP contribution in [0, 0.1) is 0 Å². The summed E-state index contributed by atoms with van der Waals surface area (Å²) in [4.78, 5) is 26.7. The van der Waals surface area contributed by atoms with Gasteiger partial charge in [0, 0.05) is 29.9 Å². The fourth-order valence-electron chi connectivity index (χ4n) is 3.51. The Hall–Kier alpha value is -3.64. The number of allylic oxidation sites excluding steroid dienone is 1. The fourth-order valence-corrected chi connectivity index (χ4v) is 3.51. The van der Waals surface area contributed by atoms with Gasteiger partial charge in [0.05, 0.1) is 25.4 Å². The van der Waals surface area contributed by atoms with E-state index in [2.05, 4.69) is 4.90 Å². The number of benzene rings is 2. The molecule has 164 valence electrons.